The largest absolute Gasteiger partial charge is 0.459 e. The average molecular weight is 579 g/mol. The van der Waals surface area contributed by atoms with Crippen molar-refractivity contribution in [1.29, 1.82) is 0 Å². The second kappa shape index (κ2) is 10.8. The van der Waals surface area contributed by atoms with Crippen molar-refractivity contribution in [2.75, 3.05) is 11.9 Å². The van der Waals surface area contributed by atoms with E-state index in [-0.39, 0.29) is 30.2 Å². The van der Waals surface area contributed by atoms with Gasteiger partial charge < -0.3 is 20.0 Å². The molecule has 2 aromatic heterocycles. The van der Waals surface area contributed by atoms with Crippen molar-refractivity contribution in [3.8, 4) is 11.3 Å². The fourth-order valence-electron chi connectivity index (χ4n) is 4.38. The van der Waals surface area contributed by atoms with Crippen LogP contribution in [0.15, 0.2) is 87.9 Å². The van der Waals surface area contributed by atoms with E-state index in [2.05, 4.69) is 31.5 Å². The molecular weight excluding hydrogens is 555 g/mol. The fourth-order valence-corrected chi connectivity index (χ4v) is 5.26. The van der Waals surface area contributed by atoms with Crippen molar-refractivity contribution in [3.05, 3.63) is 106 Å². The average Bonchev–Trinajstić information content (AvgIpc) is 3.49. The zero-order chi connectivity index (χ0) is 25.9. The number of hydrogen-bond acceptors (Lipinski definition) is 4. The molecule has 3 heterocycles. The number of carbonyl (C=O) groups excluding carboxylic acids is 1. The van der Waals surface area contributed by atoms with Crippen LogP contribution in [-0.4, -0.2) is 27.4 Å². The summed E-state index contributed by atoms with van der Waals surface area (Å²) >= 11 is 9.11. The molecule has 2 aromatic carbocycles. The number of nitrogens with one attached hydrogen (secondary N) is 2. The second-order valence-corrected chi connectivity index (χ2v) is 10.1. The molecule has 0 radical (unpaired) electrons. The lowest BCUT2D eigenvalue weighted by Crippen LogP contribution is -2.32. The molecule has 2 atom stereocenters. The third kappa shape index (κ3) is 5.57. The molecule has 0 unspecified atom stereocenters. The maximum atomic E-state index is 13.6. The van der Waals surface area contributed by atoms with Gasteiger partial charge in [-0.15, -0.1) is 0 Å². The van der Waals surface area contributed by atoms with Gasteiger partial charge in [0.2, 0.25) is 5.91 Å². The van der Waals surface area contributed by atoms with E-state index in [1.54, 1.807) is 12.3 Å². The minimum atomic E-state index is -0.335. The van der Waals surface area contributed by atoms with E-state index in [4.69, 9.17) is 16.6 Å². The van der Waals surface area contributed by atoms with Crippen LogP contribution in [0.25, 0.3) is 11.3 Å². The van der Waals surface area contributed by atoms with E-state index in [0.29, 0.717) is 27.7 Å². The van der Waals surface area contributed by atoms with Gasteiger partial charge in [0.25, 0.3) is 0 Å². The van der Waals surface area contributed by atoms with Gasteiger partial charge in [-0.05, 0) is 89.7 Å². The first-order valence-electron chi connectivity index (χ1n) is 11.8. The van der Waals surface area contributed by atoms with Gasteiger partial charge >= 0.3 is 0 Å². The Hall–Kier alpha value is -3.56. The zero-order valence-corrected chi connectivity index (χ0v) is 22.4. The summed E-state index contributed by atoms with van der Waals surface area (Å²) in [6, 6.07) is 21.0. The number of halogens is 2. The normalized spacial score (nSPS) is 17.1. The molecular formula is C28H24BrFN4O2S. The van der Waals surface area contributed by atoms with E-state index in [1.807, 2.05) is 66.4 Å². The van der Waals surface area contributed by atoms with Crippen molar-refractivity contribution in [2.24, 2.45) is 0 Å². The van der Waals surface area contributed by atoms with Gasteiger partial charge in [-0.2, -0.15) is 0 Å². The molecule has 2 N–H and O–H groups in total. The Morgan fingerprint density at radius 3 is 2.70 bits per heavy atom. The monoisotopic (exact) mass is 578 g/mol. The van der Waals surface area contributed by atoms with Gasteiger partial charge in [0.1, 0.15) is 23.4 Å². The lowest BCUT2D eigenvalue weighted by atomic mass is 10.0. The maximum Gasteiger partial charge on any atom is 0.226 e. The number of thiocarbonyl (C=S) groups is 1. The number of anilines is 1. The summed E-state index contributed by atoms with van der Waals surface area (Å²) in [5.74, 6) is 0.810. The lowest BCUT2D eigenvalue weighted by Gasteiger charge is -2.25. The van der Waals surface area contributed by atoms with Crippen molar-refractivity contribution in [1.82, 2.24) is 15.2 Å². The highest BCUT2D eigenvalue weighted by atomic mass is 79.9. The summed E-state index contributed by atoms with van der Waals surface area (Å²) < 4.78 is 20.5. The van der Waals surface area contributed by atoms with Crippen LogP contribution in [0, 0.1) is 12.7 Å². The van der Waals surface area contributed by atoms with Crippen LogP contribution in [0.5, 0.6) is 0 Å². The third-order valence-electron chi connectivity index (χ3n) is 6.23. The smallest absolute Gasteiger partial charge is 0.226 e. The van der Waals surface area contributed by atoms with Crippen molar-refractivity contribution in [2.45, 2.75) is 25.4 Å². The molecule has 1 aliphatic heterocycles. The molecule has 5 rings (SSSR count). The number of aromatic nitrogens is 1. The molecule has 1 aliphatic rings. The first-order valence-corrected chi connectivity index (χ1v) is 13.0. The molecule has 188 valence electrons. The first-order chi connectivity index (χ1) is 17.9. The Balaban J connectivity index is 1.40. The Kier molecular flexibility index (Phi) is 7.34. The SMILES string of the molecule is Cc1ccc(NC(=O)CCN2C(=S)N[C@@H](c3ccccn3)[C@@H]2c2ccc(-c3ccc(F)cc3Br)o2)cc1. The second-order valence-electron chi connectivity index (χ2n) is 8.81. The standard InChI is InChI=1S/C28H24BrFN4O2S/c1-17-5-8-19(9-6-17)32-25(35)13-15-34-27(26(33-28(34)37)22-4-2-3-14-31-22)24-12-11-23(36-24)20-10-7-18(30)16-21(20)29/h2-12,14,16,26-27H,13,15H2,1H3,(H,32,35)(H,33,37)/t26-,27-/m0/s1. The number of rotatable bonds is 7. The minimum Gasteiger partial charge on any atom is -0.459 e. The van der Waals surface area contributed by atoms with E-state index in [1.165, 1.54) is 12.1 Å². The topological polar surface area (TPSA) is 70.4 Å². The molecule has 9 heteroatoms. The highest BCUT2D eigenvalue weighted by Crippen LogP contribution is 2.41. The molecule has 0 saturated carbocycles. The molecule has 4 aromatic rings. The van der Waals surface area contributed by atoms with Gasteiger partial charge in [0.15, 0.2) is 5.11 Å². The molecule has 1 saturated heterocycles. The highest BCUT2D eigenvalue weighted by Gasteiger charge is 2.41. The predicted octanol–water partition coefficient (Wildman–Crippen LogP) is 6.55. The summed E-state index contributed by atoms with van der Waals surface area (Å²) in [4.78, 5) is 19.2. The molecule has 1 fully saturated rings. The number of hydrogen-bond donors (Lipinski definition) is 2. The first kappa shape index (κ1) is 25.1. The van der Waals surface area contributed by atoms with Crippen molar-refractivity contribution >= 4 is 44.9 Å². The van der Waals surface area contributed by atoms with Gasteiger partial charge in [-0.1, -0.05) is 23.8 Å². The van der Waals surface area contributed by atoms with Crippen LogP contribution >= 0.6 is 28.1 Å². The summed E-state index contributed by atoms with van der Waals surface area (Å²) in [6.07, 6.45) is 1.97. The van der Waals surface area contributed by atoms with Crippen LogP contribution in [0.3, 0.4) is 0 Å². The van der Waals surface area contributed by atoms with E-state index in [9.17, 15) is 9.18 Å². The zero-order valence-electron chi connectivity index (χ0n) is 19.9. The molecule has 6 nitrogen and oxygen atoms in total. The maximum absolute atomic E-state index is 13.6. The van der Waals surface area contributed by atoms with Gasteiger partial charge in [-0.25, -0.2) is 4.39 Å². The summed E-state index contributed by atoms with van der Waals surface area (Å²) in [5, 5.41) is 6.82. The van der Waals surface area contributed by atoms with Crippen LogP contribution in [0.4, 0.5) is 10.1 Å². The summed E-state index contributed by atoms with van der Waals surface area (Å²) in [7, 11) is 0. The number of nitrogens with zero attached hydrogens (tertiary/aromatic N) is 2. The molecule has 0 bridgehead atoms. The number of benzene rings is 2. The van der Waals surface area contributed by atoms with E-state index in [0.717, 1.165) is 22.5 Å². The predicted molar refractivity (Wildman–Crippen MR) is 148 cm³/mol. The van der Waals surface area contributed by atoms with Gasteiger partial charge in [0.05, 0.1) is 11.7 Å². The van der Waals surface area contributed by atoms with Crippen molar-refractivity contribution in [3.63, 3.8) is 0 Å². The summed E-state index contributed by atoms with van der Waals surface area (Å²) in [6.45, 7) is 2.38. The lowest BCUT2D eigenvalue weighted by molar-refractivity contribution is -0.116. The molecule has 0 aliphatic carbocycles. The van der Waals surface area contributed by atoms with Crippen LogP contribution in [0.2, 0.25) is 0 Å². The van der Waals surface area contributed by atoms with Gasteiger partial charge in [0, 0.05) is 34.9 Å². The number of amides is 1. The fraction of sp³-hybridized carbons (Fsp3) is 0.179. The van der Waals surface area contributed by atoms with E-state index < -0.39 is 0 Å². The number of aryl methyl sites for hydroxylation is 1. The van der Waals surface area contributed by atoms with Crippen LogP contribution in [0.1, 0.15) is 35.5 Å². The molecule has 1 amide bonds. The Morgan fingerprint density at radius 2 is 1.97 bits per heavy atom. The van der Waals surface area contributed by atoms with Crippen LogP contribution in [-0.2, 0) is 4.79 Å². The highest BCUT2D eigenvalue weighted by molar-refractivity contribution is 9.10. The number of pyridine rings is 1. The van der Waals surface area contributed by atoms with Crippen molar-refractivity contribution < 1.29 is 13.6 Å². The Labute approximate surface area is 228 Å². The van der Waals surface area contributed by atoms with E-state index >= 15 is 0 Å². The quantitative estimate of drug-likeness (QED) is 0.242. The minimum absolute atomic E-state index is 0.109. The molecule has 0 spiro atoms. The number of carbonyl (C=O) groups is 1. The number of furan rings is 1. The van der Waals surface area contributed by atoms with Crippen LogP contribution < -0.4 is 10.6 Å². The molecule has 37 heavy (non-hydrogen) atoms. The third-order valence-corrected chi connectivity index (χ3v) is 7.24. The Bertz CT molecular complexity index is 1430. The summed E-state index contributed by atoms with van der Waals surface area (Å²) in [5.41, 5.74) is 3.42. The van der Waals surface area contributed by atoms with Gasteiger partial charge in [-0.3, -0.25) is 9.78 Å². The Morgan fingerprint density at radius 1 is 1.16 bits per heavy atom.